The predicted octanol–water partition coefficient (Wildman–Crippen LogP) is 5.36. The molecule has 2 aromatic carbocycles. The van der Waals surface area contributed by atoms with E-state index in [0.717, 1.165) is 11.8 Å². The van der Waals surface area contributed by atoms with Gasteiger partial charge in [0.25, 0.3) is 0 Å². The molecular formula is C21H18BrNO5S. The van der Waals surface area contributed by atoms with Crippen molar-refractivity contribution in [3.05, 3.63) is 68.7 Å². The maximum absolute atomic E-state index is 12.4. The number of aromatic hydroxyl groups is 1. The van der Waals surface area contributed by atoms with Crippen molar-refractivity contribution in [2.75, 3.05) is 13.7 Å². The number of hydrogen-bond donors (Lipinski definition) is 2. The van der Waals surface area contributed by atoms with Crippen molar-refractivity contribution in [3.8, 4) is 11.5 Å². The molecule has 0 fully saturated rings. The molecule has 1 aliphatic heterocycles. The van der Waals surface area contributed by atoms with Crippen molar-refractivity contribution in [1.82, 2.24) is 0 Å². The predicted molar refractivity (Wildman–Crippen MR) is 118 cm³/mol. The first-order chi connectivity index (χ1) is 13.9. The molecule has 0 radical (unpaired) electrons. The lowest BCUT2D eigenvalue weighted by molar-refractivity contribution is -0.138. The Hall–Kier alpha value is -2.71. The number of halogens is 1. The number of phenols is 1. The number of aliphatic hydroxyl groups excluding tert-OH is 1. The number of thioether (sulfide) groups is 1. The minimum atomic E-state index is -0.641. The average molecular weight is 476 g/mol. The van der Waals surface area contributed by atoms with E-state index in [-0.39, 0.29) is 29.4 Å². The van der Waals surface area contributed by atoms with E-state index in [2.05, 4.69) is 20.9 Å². The molecule has 2 aromatic rings. The first-order valence-electron chi connectivity index (χ1n) is 8.65. The molecule has 0 aliphatic carbocycles. The van der Waals surface area contributed by atoms with Gasteiger partial charge in [0, 0.05) is 4.47 Å². The standard InChI is InChI=1S/C21H18BrNO5S/c1-3-28-21(26)18-19(25)17(29-20(18)23-13-7-5-4-6-8-13)10-12-9-16(27-2)15(24)11-14(12)22/h4-11,24-25H,3H2,1-2H3. The summed E-state index contributed by atoms with van der Waals surface area (Å²) in [6, 6.07) is 12.3. The smallest absolute Gasteiger partial charge is 0.344 e. The Labute approximate surface area is 180 Å². The van der Waals surface area contributed by atoms with Crippen LogP contribution in [0.1, 0.15) is 12.5 Å². The summed E-state index contributed by atoms with van der Waals surface area (Å²) in [4.78, 5) is 17.4. The monoisotopic (exact) mass is 475 g/mol. The molecule has 0 bridgehead atoms. The van der Waals surface area contributed by atoms with Crippen LogP contribution in [0.3, 0.4) is 0 Å². The Balaban J connectivity index is 2.08. The second-order valence-corrected chi connectivity index (χ2v) is 7.74. The van der Waals surface area contributed by atoms with Crippen LogP contribution in [0.4, 0.5) is 5.69 Å². The molecule has 150 valence electrons. The maximum Gasteiger partial charge on any atom is 0.344 e. The molecule has 1 heterocycles. The number of phenolic OH excluding ortho intramolecular Hbond substituents is 1. The molecule has 3 rings (SSSR count). The Kier molecular flexibility index (Phi) is 6.66. The lowest BCUT2D eigenvalue weighted by Gasteiger charge is -2.07. The number of esters is 1. The van der Waals surface area contributed by atoms with Gasteiger partial charge in [0.1, 0.15) is 16.4 Å². The SMILES string of the molecule is CCOC(=O)C1=C(O)C(=Cc2cc(OC)c(O)cc2Br)SC1=Nc1ccccc1. The fourth-order valence-corrected chi connectivity index (χ4v) is 4.06. The third kappa shape index (κ3) is 4.65. The molecule has 0 saturated carbocycles. The summed E-state index contributed by atoms with van der Waals surface area (Å²) in [6.07, 6.45) is 1.68. The number of rotatable bonds is 5. The number of carbonyl (C=O) groups excluding carboxylic acids is 1. The van der Waals surface area contributed by atoms with Gasteiger partial charge in [-0.3, -0.25) is 0 Å². The first-order valence-corrected chi connectivity index (χ1v) is 10.3. The van der Waals surface area contributed by atoms with Crippen LogP contribution >= 0.6 is 27.7 Å². The normalized spacial score (nSPS) is 16.5. The number of methoxy groups -OCH3 is 1. The number of para-hydroxylation sites is 1. The maximum atomic E-state index is 12.4. The van der Waals surface area contributed by atoms with Gasteiger partial charge in [-0.25, -0.2) is 9.79 Å². The highest BCUT2D eigenvalue weighted by atomic mass is 79.9. The van der Waals surface area contributed by atoms with Crippen molar-refractivity contribution in [2.45, 2.75) is 6.92 Å². The van der Waals surface area contributed by atoms with Gasteiger partial charge in [0.05, 0.1) is 24.3 Å². The van der Waals surface area contributed by atoms with Crippen molar-refractivity contribution in [2.24, 2.45) is 4.99 Å². The molecule has 0 spiro atoms. The molecule has 0 aromatic heterocycles. The Morgan fingerprint density at radius 2 is 1.97 bits per heavy atom. The highest BCUT2D eigenvalue weighted by Gasteiger charge is 2.33. The van der Waals surface area contributed by atoms with E-state index < -0.39 is 5.97 Å². The lowest BCUT2D eigenvalue weighted by atomic mass is 10.1. The minimum absolute atomic E-state index is 0.0149. The Morgan fingerprint density at radius 3 is 2.62 bits per heavy atom. The molecule has 1 aliphatic rings. The fourth-order valence-electron chi connectivity index (χ4n) is 2.59. The third-order valence-corrected chi connectivity index (χ3v) is 5.65. The van der Waals surface area contributed by atoms with Gasteiger partial charge in [-0.05, 0) is 42.8 Å². The number of benzene rings is 2. The van der Waals surface area contributed by atoms with Crippen molar-refractivity contribution in [3.63, 3.8) is 0 Å². The summed E-state index contributed by atoms with van der Waals surface area (Å²) in [5, 5.41) is 21.0. The van der Waals surface area contributed by atoms with Crippen molar-refractivity contribution >= 4 is 50.5 Å². The molecule has 2 N–H and O–H groups in total. The minimum Gasteiger partial charge on any atom is -0.506 e. The van der Waals surface area contributed by atoms with Gasteiger partial charge in [-0.2, -0.15) is 0 Å². The Bertz CT molecular complexity index is 1030. The lowest BCUT2D eigenvalue weighted by Crippen LogP contribution is -2.12. The zero-order valence-corrected chi connectivity index (χ0v) is 18.1. The van der Waals surface area contributed by atoms with E-state index in [1.54, 1.807) is 31.2 Å². The molecule has 29 heavy (non-hydrogen) atoms. The van der Waals surface area contributed by atoms with Crippen LogP contribution in [0.25, 0.3) is 6.08 Å². The molecule has 0 amide bonds. The number of aliphatic hydroxyl groups is 1. The topological polar surface area (TPSA) is 88.4 Å². The van der Waals surface area contributed by atoms with Crippen molar-refractivity contribution < 1.29 is 24.5 Å². The highest BCUT2D eigenvalue weighted by Crippen LogP contribution is 2.42. The van der Waals surface area contributed by atoms with Gasteiger partial charge < -0.3 is 19.7 Å². The van der Waals surface area contributed by atoms with Crippen LogP contribution < -0.4 is 4.74 Å². The van der Waals surface area contributed by atoms with Crippen LogP contribution in [0.2, 0.25) is 0 Å². The quantitative estimate of drug-likeness (QED) is 0.566. The summed E-state index contributed by atoms with van der Waals surface area (Å²) in [5.41, 5.74) is 1.32. The van der Waals surface area contributed by atoms with E-state index >= 15 is 0 Å². The number of ether oxygens (including phenoxy) is 2. The van der Waals surface area contributed by atoms with Gasteiger partial charge in [-0.1, -0.05) is 45.9 Å². The molecule has 6 nitrogen and oxygen atoms in total. The number of nitrogens with zero attached hydrogens (tertiary/aromatic N) is 1. The van der Waals surface area contributed by atoms with E-state index in [4.69, 9.17) is 9.47 Å². The highest BCUT2D eigenvalue weighted by molar-refractivity contribution is 9.10. The second-order valence-electron chi connectivity index (χ2n) is 5.85. The van der Waals surface area contributed by atoms with E-state index in [9.17, 15) is 15.0 Å². The summed E-state index contributed by atoms with van der Waals surface area (Å²) in [7, 11) is 1.45. The van der Waals surface area contributed by atoms with E-state index in [1.165, 1.54) is 13.2 Å². The van der Waals surface area contributed by atoms with Crippen LogP contribution in [0, 0.1) is 0 Å². The van der Waals surface area contributed by atoms with Gasteiger partial charge in [0.15, 0.2) is 11.5 Å². The summed E-state index contributed by atoms with van der Waals surface area (Å²) in [6.45, 7) is 1.88. The summed E-state index contributed by atoms with van der Waals surface area (Å²) >= 11 is 4.55. The van der Waals surface area contributed by atoms with Crippen LogP contribution in [-0.2, 0) is 9.53 Å². The average Bonchev–Trinajstić information content (AvgIpc) is 3.00. The number of carbonyl (C=O) groups is 1. The number of hydrogen-bond acceptors (Lipinski definition) is 7. The van der Waals surface area contributed by atoms with Crippen LogP contribution in [0.5, 0.6) is 11.5 Å². The Morgan fingerprint density at radius 1 is 1.24 bits per heavy atom. The second kappa shape index (κ2) is 9.19. The summed E-state index contributed by atoms with van der Waals surface area (Å²) in [5.74, 6) is -0.575. The largest absolute Gasteiger partial charge is 0.506 e. The van der Waals surface area contributed by atoms with Gasteiger partial charge in [-0.15, -0.1) is 0 Å². The van der Waals surface area contributed by atoms with E-state index in [1.807, 2.05) is 18.2 Å². The molecule has 0 atom stereocenters. The zero-order chi connectivity index (χ0) is 21.0. The van der Waals surface area contributed by atoms with Crippen LogP contribution in [0.15, 0.2) is 68.2 Å². The molecule has 0 saturated heterocycles. The number of aliphatic imine (C=N–C) groups is 1. The summed E-state index contributed by atoms with van der Waals surface area (Å²) < 4.78 is 10.8. The molecular weight excluding hydrogens is 458 g/mol. The van der Waals surface area contributed by atoms with Gasteiger partial charge >= 0.3 is 5.97 Å². The fraction of sp³-hybridized carbons (Fsp3) is 0.143. The third-order valence-electron chi connectivity index (χ3n) is 3.94. The first kappa shape index (κ1) is 21.0. The van der Waals surface area contributed by atoms with Gasteiger partial charge in [0.2, 0.25) is 0 Å². The van der Waals surface area contributed by atoms with Crippen LogP contribution in [-0.4, -0.2) is 34.9 Å². The molecule has 0 unspecified atom stereocenters. The molecule has 8 heteroatoms. The van der Waals surface area contributed by atoms with Crippen molar-refractivity contribution in [1.29, 1.82) is 0 Å². The van der Waals surface area contributed by atoms with E-state index in [0.29, 0.717) is 25.7 Å². The zero-order valence-electron chi connectivity index (χ0n) is 15.7.